The van der Waals surface area contributed by atoms with Crippen LogP contribution in [-0.4, -0.2) is 10.1 Å². The van der Waals surface area contributed by atoms with E-state index in [2.05, 4.69) is 36.8 Å². The Hall–Kier alpha value is -0.620. The third kappa shape index (κ3) is 2.72. The van der Waals surface area contributed by atoms with Crippen molar-refractivity contribution in [2.75, 3.05) is 0 Å². The first kappa shape index (κ1) is 14.3. The van der Waals surface area contributed by atoms with Crippen LogP contribution < -0.4 is 4.74 Å². The minimum Gasteiger partial charge on any atom is -0.484 e. The second kappa shape index (κ2) is 5.64. The van der Waals surface area contributed by atoms with Crippen molar-refractivity contribution in [1.29, 1.82) is 0 Å². The molecule has 1 N–H and O–H groups in total. The van der Waals surface area contributed by atoms with Crippen LogP contribution in [0.4, 0.5) is 0 Å². The first-order chi connectivity index (χ1) is 9.54. The molecule has 1 aromatic heterocycles. The third-order valence-corrected chi connectivity index (χ3v) is 4.48. The second-order valence-electron chi connectivity index (χ2n) is 4.56. The van der Waals surface area contributed by atoms with E-state index in [1.165, 1.54) is 0 Å². The highest BCUT2D eigenvalue weighted by Gasteiger charge is 2.30. The molecule has 0 saturated carbocycles. The zero-order valence-electron chi connectivity index (χ0n) is 10.2. The maximum absolute atomic E-state index is 10.3. The van der Waals surface area contributed by atoms with Gasteiger partial charge in [-0.1, -0.05) is 11.6 Å². The van der Waals surface area contributed by atoms with Crippen LogP contribution in [0.2, 0.25) is 5.02 Å². The molecule has 2 heterocycles. The highest BCUT2D eigenvalue weighted by molar-refractivity contribution is 9.11. The summed E-state index contributed by atoms with van der Waals surface area (Å²) in [6.45, 7) is 0. The average molecular weight is 420 g/mol. The minimum atomic E-state index is -0.611. The maximum Gasteiger partial charge on any atom is 0.144 e. The lowest BCUT2D eigenvalue weighted by Crippen LogP contribution is -2.20. The van der Waals surface area contributed by atoms with Gasteiger partial charge < -0.3 is 9.84 Å². The van der Waals surface area contributed by atoms with Gasteiger partial charge in [0.05, 0.1) is 11.8 Å². The van der Waals surface area contributed by atoms with Gasteiger partial charge in [-0.3, -0.25) is 4.98 Å². The van der Waals surface area contributed by atoms with Crippen molar-refractivity contribution in [3.8, 4) is 5.75 Å². The molecule has 0 aliphatic carbocycles. The Balaban J connectivity index is 1.97. The second-order valence-corrected chi connectivity index (χ2v) is 6.77. The number of aliphatic hydroxyl groups excluding tert-OH is 1. The minimum absolute atomic E-state index is 0.291. The predicted molar refractivity (Wildman–Crippen MR) is 84.0 cm³/mol. The van der Waals surface area contributed by atoms with Crippen LogP contribution in [0.1, 0.15) is 29.9 Å². The van der Waals surface area contributed by atoms with Crippen molar-refractivity contribution >= 4 is 43.5 Å². The molecule has 20 heavy (non-hydrogen) atoms. The summed E-state index contributed by atoms with van der Waals surface area (Å²) in [6.07, 6.45) is 1.26. The molecule has 6 heteroatoms. The average Bonchev–Trinajstić information content (AvgIpc) is 2.39. The normalized spacial score (nSPS) is 21.2. The fourth-order valence-corrected chi connectivity index (χ4v) is 3.67. The number of hydrogen-bond donors (Lipinski definition) is 1. The summed E-state index contributed by atoms with van der Waals surface area (Å²) in [6, 6.07) is 7.18. The van der Waals surface area contributed by atoms with Crippen molar-refractivity contribution < 1.29 is 9.84 Å². The molecule has 3 nitrogen and oxygen atoms in total. The third-order valence-electron chi connectivity index (χ3n) is 3.18. The van der Waals surface area contributed by atoms with E-state index < -0.39 is 6.10 Å². The van der Waals surface area contributed by atoms with Crippen molar-refractivity contribution in [2.24, 2.45) is 0 Å². The number of aromatic nitrogens is 1. The van der Waals surface area contributed by atoms with E-state index in [0.717, 1.165) is 20.2 Å². The van der Waals surface area contributed by atoms with Crippen molar-refractivity contribution in [1.82, 2.24) is 4.98 Å². The van der Waals surface area contributed by atoms with E-state index >= 15 is 0 Å². The Morgan fingerprint density at radius 2 is 2.10 bits per heavy atom. The fraction of sp³-hybridized carbons (Fsp3) is 0.214. The molecule has 3 rings (SSSR count). The van der Waals surface area contributed by atoms with Crippen LogP contribution in [0.5, 0.6) is 5.75 Å². The Labute approximate surface area is 138 Å². The molecule has 1 aliphatic rings. The van der Waals surface area contributed by atoms with E-state index in [-0.39, 0.29) is 6.10 Å². The lowest BCUT2D eigenvalue weighted by molar-refractivity contribution is 0.0633. The predicted octanol–water partition coefficient (Wildman–Crippen LogP) is 4.82. The van der Waals surface area contributed by atoms with Crippen LogP contribution in [0.3, 0.4) is 0 Å². The Morgan fingerprint density at radius 1 is 1.30 bits per heavy atom. The van der Waals surface area contributed by atoms with Crippen LogP contribution >= 0.6 is 43.5 Å². The number of hydrogen-bond acceptors (Lipinski definition) is 3. The monoisotopic (exact) mass is 417 g/mol. The molecular weight excluding hydrogens is 409 g/mol. The first-order valence-electron chi connectivity index (χ1n) is 5.99. The molecule has 2 unspecified atom stereocenters. The van der Waals surface area contributed by atoms with Gasteiger partial charge in [-0.05, 0) is 56.1 Å². The van der Waals surface area contributed by atoms with Gasteiger partial charge in [-0.2, -0.15) is 0 Å². The Kier molecular flexibility index (Phi) is 4.04. The summed E-state index contributed by atoms with van der Waals surface area (Å²) in [4.78, 5) is 4.37. The van der Waals surface area contributed by atoms with Gasteiger partial charge in [-0.25, -0.2) is 0 Å². The number of rotatable bonds is 1. The summed E-state index contributed by atoms with van der Waals surface area (Å²) < 4.78 is 7.67. The van der Waals surface area contributed by atoms with Crippen molar-refractivity contribution in [2.45, 2.75) is 18.6 Å². The quantitative estimate of drug-likeness (QED) is 0.721. The number of halogens is 3. The van der Waals surface area contributed by atoms with E-state index in [1.54, 1.807) is 24.4 Å². The highest BCUT2D eigenvalue weighted by Crippen LogP contribution is 2.42. The Bertz CT molecular complexity index is 666. The van der Waals surface area contributed by atoms with Crippen LogP contribution in [0.25, 0.3) is 0 Å². The molecule has 2 aromatic rings. The molecule has 0 fully saturated rings. The summed E-state index contributed by atoms with van der Waals surface area (Å²) in [5, 5.41) is 10.9. The standard InChI is InChI=1S/C14H10Br2ClNO2/c15-7-3-10(16)14(18-6-7)13-5-11(19)9-4-8(17)1-2-12(9)20-13/h1-4,6,11,13,19H,5H2. The lowest BCUT2D eigenvalue weighted by Gasteiger charge is -2.29. The van der Waals surface area contributed by atoms with Crippen LogP contribution in [0.15, 0.2) is 39.4 Å². The molecule has 1 aromatic carbocycles. The van der Waals surface area contributed by atoms with E-state index in [1.807, 2.05) is 6.07 Å². The number of ether oxygens (including phenoxy) is 1. The molecule has 0 amide bonds. The lowest BCUT2D eigenvalue weighted by atomic mass is 9.97. The molecule has 0 radical (unpaired) electrons. The maximum atomic E-state index is 10.3. The van der Waals surface area contributed by atoms with E-state index in [9.17, 15) is 5.11 Å². The molecule has 0 spiro atoms. The van der Waals surface area contributed by atoms with Crippen LogP contribution in [-0.2, 0) is 0 Å². The van der Waals surface area contributed by atoms with Crippen LogP contribution in [0, 0.1) is 0 Å². The molecule has 104 valence electrons. The summed E-state index contributed by atoms with van der Waals surface area (Å²) in [5.41, 5.74) is 1.50. The van der Waals surface area contributed by atoms with Crippen molar-refractivity contribution in [3.63, 3.8) is 0 Å². The summed E-state index contributed by atoms with van der Waals surface area (Å²) >= 11 is 12.8. The van der Waals surface area contributed by atoms with E-state index in [4.69, 9.17) is 16.3 Å². The highest BCUT2D eigenvalue weighted by atomic mass is 79.9. The van der Waals surface area contributed by atoms with Gasteiger partial charge in [-0.15, -0.1) is 0 Å². The number of nitrogens with zero attached hydrogens (tertiary/aromatic N) is 1. The topological polar surface area (TPSA) is 42.4 Å². The largest absolute Gasteiger partial charge is 0.484 e. The molecule has 2 atom stereocenters. The molecule has 1 aliphatic heterocycles. The molecule has 0 bridgehead atoms. The zero-order valence-corrected chi connectivity index (χ0v) is 14.1. The SMILES string of the molecule is OC1CC(c2ncc(Br)cc2Br)Oc2ccc(Cl)cc21. The molecule has 0 saturated heterocycles. The number of aliphatic hydroxyl groups is 1. The van der Waals surface area contributed by atoms with Gasteiger partial charge >= 0.3 is 0 Å². The first-order valence-corrected chi connectivity index (χ1v) is 7.96. The molecular formula is C14H10Br2ClNO2. The summed E-state index contributed by atoms with van der Waals surface area (Å²) in [5.74, 6) is 0.648. The Morgan fingerprint density at radius 3 is 2.85 bits per heavy atom. The van der Waals surface area contributed by atoms with Gasteiger partial charge in [0.1, 0.15) is 11.9 Å². The zero-order chi connectivity index (χ0) is 14.3. The number of benzene rings is 1. The number of fused-ring (bicyclic) bond motifs is 1. The number of pyridine rings is 1. The van der Waals surface area contributed by atoms with E-state index in [0.29, 0.717) is 17.2 Å². The fourth-order valence-electron chi connectivity index (χ4n) is 2.25. The summed E-state index contributed by atoms with van der Waals surface area (Å²) in [7, 11) is 0. The van der Waals surface area contributed by atoms with Crippen molar-refractivity contribution in [3.05, 3.63) is 55.7 Å². The van der Waals surface area contributed by atoms with Gasteiger partial charge in [0.25, 0.3) is 0 Å². The van der Waals surface area contributed by atoms with Gasteiger partial charge in [0.15, 0.2) is 0 Å². The van der Waals surface area contributed by atoms with Gasteiger partial charge in [0.2, 0.25) is 0 Å². The van der Waals surface area contributed by atoms with Gasteiger partial charge in [0, 0.05) is 32.1 Å². The smallest absolute Gasteiger partial charge is 0.144 e.